The molecule has 0 spiro atoms. The summed E-state index contributed by atoms with van der Waals surface area (Å²) in [6.07, 6.45) is 9.85. The van der Waals surface area contributed by atoms with Crippen molar-refractivity contribution in [1.82, 2.24) is 9.97 Å². The Morgan fingerprint density at radius 2 is 1.25 bits per heavy atom. The van der Waals surface area contributed by atoms with Crippen LogP contribution in [0.3, 0.4) is 0 Å². The summed E-state index contributed by atoms with van der Waals surface area (Å²) in [5.74, 6) is 1.73. The van der Waals surface area contributed by atoms with E-state index in [1.54, 1.807) is 12.4 Å². The molecule has 2 aromatic heterocycles. The third-order valence-electron chi connectivity index (χ3n) is 5.26. The van der Waals surface area contributed by atoms with Gasteiger partial charge in [-0.1, -0.05) is 36.4 Å². The molecular weight excluding hydrogens is 396 g/mol. The Morgan fingerprint density at radius 3 is 1.75 bits per heavy atom. The Bertz CT molecular complexity index is 1070. The summed E-state index contributed by atoms with van der Waals surface area (Å²) in [6, 6.07) is 24.2. The number of hydrogen-bond acceptors (Lipinski definition) is 4. The number of pyridine rings is 2. The maximum Gasteiger partial charge on any atom is 0.119 e. The molecule has 0 bridgehead atoms. The normalized spacial score (nSPS) is 11.7. The first-order chi connectivity index (χ1) is 15.8. The van der Waals surface area contributed by atoms with Gasteiger partial charge < -0.3 is 9.47 Å². The van der Waals surface area contributed by atoms with Gasteiger partial charge in [-0.15, -0.1) is 0 Å². The number of nitrogens with zero attached hydrogens (tertiary/aromatic N) is 2. The number of benzene rings is 2. The minimum Gasteiger partial charge on any atom is -0.494 e. The first-order valence-corrected chi connectivity index (χ1v) is 10.9. The van der Waals surface area contributed by atoms with Crippen LogP contribution in [-0.2, 0) is 0 Å². The van der Waals surface area contributed by atoms with Gasteiger partial charge >= 0.3 is 0 Å². The van der Waals surface area contributed by atoms with Crippen LogP contribution in [0.25, 0.3) is 22.3 Å². The summed E-state index contributed by atoms with van der Waals surface area (Å²) in [7, 11) is 0. The summed E-state index contributed by atoms with van der Waals surface area (Å²) in [4.78, 5) is 8.34. The van der Waals surface area contributed by atoms with Crippen molar-refractivity contribution in [3.8, 4) is 33.8 Å². The molecule has 0 aliphatic heterocycles. The van der Waals surface area contributed by atoms with E-state index in [-0.39, 0.29) is 6.10 Å². The largest absolute Gasteiger partial charge is 0.494 e. The highest BCUT2D eigenvalue weighted by Gasteiger charge is 2.09. The van der Waals surface area contributed by atoms with Crippen LogP contribution in [0.1, 0.15) is 19.3 Å². The SMILES string of the molecule is [CH2]CC(CCCOc1ccc(-c2cccnc2)cc1)Oc1ccc(-c2cccnc2)cc1. The first-order valence-electron chi connectivity index (χ1n) is 10.9. The molecule has 1 unspecified atom stereocenters. The van der Waals surface area contributed by atoms with E-state index in [2.05, 4.69) is 41.2 Å². The zero-order valence-corrected chi connectivity index (χ0v) is 18.1. The summed E-state index contributed by atoms with van der Waals surface area (Å²) in [5.41, 5.74) is 4.45. The number of ether oxygens (including phenoxy) is 2. The van der Waals surface area contributed by atoms with E-state index in [0.29, 0.717) is 13.0 Å². The molecule has 0 aliphatic carbocycles. The van der Waals surface area contributed by atoms with Gasteiger partial charge in [0.1, 0.15) is 11.5 Å². The smallest absolute Gasteiger partial charge is 0.119 e. The topological polar surface area (TPSA) is 44.2 Å². The second-order valence-electron chi connectivity index (χ2n) is 7.55. The second kappa shape index (κ2) is 11.1. The highest BCUT2D eigenvalue weighted by molar-refractivity contribution is 5.63. The predicted octanol–water partition coefficient (Wildman–Crippen LogP) is 6.64. The summed E-state index contributed by atoms with van der Waals surface area (Å²) in [5, 5.41) is 0. The third kappa shape index (κ3) is 5.94. The predicted molar refractivity (Wildman–Crippen MR) is 128 cm³/mol. The van der Waals surface area contributed by atoms with E-state index < -0.39 is 0 Å². The van der Waals surface area contributed by atoms with Crippen LogP contribution < -0.4 is 9.47 Å². The number of rotatable bonds is 10. The highest BCUT2D eigenvalue weighted by Crippen LogP contribution is 2.24. The van der Waals surface area contributed by atoms with E-state index in [1.807, 2.05) is 60.9 Å². The van der Waals surface area contributed by atoms with E-state index in [4.69, 9.17) is 9.47 Å². The molecule has 0 fully saturated rings. The van der Waals surface area contributed by atoms with Crippen molar-refractivity contribution < 1.29 is 9.47 Å². The fraction of sp³-hybridized carbons (Fsp3) is 0.179. The van der Waals surface area contributed by atoms with Crippen LogP contribution in [0.4, 0.5) is 0 Å². The summed E-state index contributed by atoms with van der Waals surface area (Å²) >= 11 is 0. The molecule has 4 aromatic rings. The Hall–Kier alpha value is -3.66. The molecule has 0 aliphatic rings. The lowest BCUT2D eigenvalue weighted by atomic mass is 10.1. The van der Waals surface area contributed by atoms with Gasteiger partial charge in [0.25, 0.3) is 0 Å². The van der Waals surface area contributed by atoms with Crippen LogP contribution >= 0.6 is 0 Å². The Labute approximate surface area is 189 Å². The maximum atomic E-state index is 6.13. The minimum atomic E-state index is 0.0656. The molecule has 1 radical (unpaired) electrons. The number of hydrogen-bond donors (Lipinski definition) is 0. The molecule has 4 rings (SSSR count). The maximum absolute atomic E-state index is 6.13. The van der Waals surface area contributed by atoms with Gasteiger partial charge in [-0.2, -0.15) is 0 Å². The quantitative estimate of drug-likeness (QED) is 0.268. The zero-order valence-electron chi connectivity index (χ0n) is 18.1. The standard InChI is InChI=1S/C28H27N2O2/c1-2-26(32-28-15-11-23(12-16-28)25-7-4-18-30-21-25)8-5-19-31-27-13-9-22(10-14-27)24-6-3-17-29-20-24/h3-4,6-7,9-18,20-21,26H,1-2,5,8,19H2. The van der Waals surface area contributed by atoms with Gasteiger partial charge in [-0.05, 0) is 84.8 Å². The van der Waals surface area contributed by atoms with E-state index >= 15 is 0 Å². The Kier molecular flexibility index (Phi) is 7.48. The van der Waals surface area contributed by atoms with Crippen molar-refractivity contribution >= 4 is 0 Å². The van der Waals surface area contributed by atoms with Crippen molar-refractivity contribution in [2.24, 2.45) is 0 Å². The zero-order chi connectivity index (χ0) is 22.0. The van der Waals surface area contributed by atoms with Crippen LogP contribution in [0.15, 0.2) is 97.6 Å². The van der Waals surface area contributed by atoms with Crippen LogP contribution in [0.2, 0.25) is 0 Å². The average Bonchev–Trinajstić information content (AvgIpc) is 2.87. The van der Waals surface area contributed by atoms with Gasteiger partial charge in [0.2, 0.25) is 0 Å². The summed E-state index contributed by atoms with van der Waals surface area (Å²) < 4.78 is 12.0. The Balaban J connectivity index is 1.22. The molecule has 2 aromatic carbocycles. The molecule has 0 saturated carbocycles. The van der Waals surface area contributed by atoms with Crippen LogP contribution in [0.5, 0.6) is 11.5 Å². The second-order valence-corrected chi connectivity index (χ2v) is 7.55. The number of aromatic nitrogens is 2. The molecule has 0 N–H and O–H groups in total. The average molecular weight is 424 g/mol. The fourth-order valence-electron chi connectivity index (χ4n) is 3.49. The molecule has 32 heavy (non-hydrogen) atoms. The summed E-state index contributed by atoms with van der Waals surface area (Å²) in [6.45, 7) is 4.69. The van der Waals surface area contributed by atoms with Gasteiger partial charge in [-0.25, -0.2) is 0 Å². The fourth-order valence-corrected chi connectivity index (χ4v) is 3.49. The van der Waals surface area contributed by atoms with Gasteiger partial charge in [0.15, 0.2) is 0 Å². The van der Waals surface area contributed by atoms with Crippen molar-refractivity contribution in [2.45, 2.75) is 25.4 Å². The van der Waals surface area contributed by atoms with E-state index in [9.17, 15) is 0 Å². The monoisotopic (exact) mass is 423 g/mol. The third-order valence-corrected chi connectivity index (χ3v) is 5.26. The van der Waals surface area contributed by atoms with Crippen molar-refractivity contribution in [2.75, 3.05) is 6.61 Å². The van der Waals surface area contributed by atoms with Crippen LogP contribution in [0, 0.1) is 6.92 Å². The molecule has 0 amide bonds. The lowest BCUT2D eigenvalue weighted by molar-refractivity contribution is 0.178. The molecule has 0 saturated heterocycles. The van der Waals surface area contributed by atoms with Gasteiger partial charge in [-0.3, -0.25) is 9.97 Å². The molecule has 4 nitrogen and oxygen atoms in total. The van der Waals surface area contributed by atoms with Crippen molar-refractivity contribution in [1.29, 1.82) is 0 Å². The highest BCUT2D eigenvalue weighted by atomic mass is 16.5. The first kappa shape index (κ1) is 21.6. The van der Waals surface area contributed by atoms with E-state index in [0.717, 1.165) is 46.6 Å². The molecule has 4 heteroatoms. The van der Waals surface area contributed by atoms with Gasteiger partial charge in [0, 0.05) is 24.8 Å². The molecule has 161 valence electrons. The molecule has 2 heterocycles. The molecular formula is C28H27N2O2. The molecule has 1 atom stereocenters. The minimum absolute atomic E-state index is 0.0656. The lowest BCUT2D eigenvalue weighted by Crippen LogP contribution is -2.16. The van der Waals surface area contributed by atoms with Crippen LogP contribution in [-0.4, -0.2) is 22.7 Å². The lowest BCUT2D eigenvalue weighted by Gasteiger charge is -2.18. The Morgan fingerprint density at radius 1 is 0.688 bits per heavy atom. The van der Waals surface area contributed by atoms with Crippen molar-refractivity contribution in [3.05, 3.63) is 105 Å². The van der Waals surface area contributed by atoms with Gasteiger partial charge in [0.05, 0.1) is 12.7 Å². The van der Waals surface area contributed by atoms with E-state index in [1.165, 1.54) is 0 Å². The van der Waals surface area contributed by atoms with Crippen molar-refractivity contribution in [3.63, 3.8) is 0 Å².